The normalized spacial score (nSPS) is 16.5. The zero-order valence-corrected chi connectivity index (χ0v) is 21.8. The molecule has 1 saturated carbocycles. The van der Waals surface area contributed by atoms with Gasteiger partial charge in [0.1, 0.15) is 0 Å². The molecule has 1 N–H and O–H groups in total. The van der Waals surface area contributed by atoms with Gasteiger partial charge in [-0.3, -0.25) is 14.6 Å². The van der Waals surface area contributed by atoms with E-state index < -0.39 is 23.1 Å². The number of hydrogen-bond donors (Lipinski definition) is 1. The molecule has 1 aliphatic carbocycles. The third-order valence-electron chi connectivity index (χ3n) is 7.33. The maximum absolute atomic E-state index is 14.7. The molecule has 1 aromatic heterocycles. The molecule has 0 aliphatic heterocycles. The van der Waals surface area contributed by atoms with Crippen LogP contribution in [0.2, 0.25) is 5.02 Å². The summed E-state index contributed by atoms with van der Waals surface area (Å²) in [6.45, 7) is 2.80. The number of halogens is 4. The van der Waals surface area contributed by atoms with Crippen molar-refractivity contribution in [3.63, 3.8) is 0 Å². The predicted molar refractivity (Wildman–Crippen MR) is 134 cm³/mol. The summed E-state index contributed by atoms with van der Waals surface area (Å²) in [7, 11) is 3.65. The van der Waals surface area contributed by atoms with E-state index in [0.29, 0.717) is 30.4 Å². The van der Waals surface area contributed by atoms with Crippen molar-refractivity contribution in [2.45, 2.75) is 63.8 Å². The Kier molecular flexibility index (Phi) is 8.83. The molecule has 1 amide bonds. The predicted octanol–water partition coefficient (Wildman–Crippen LogP) is 5.67. The Labute approximate surface area is 215 Å². The topological polar surface area (TPSA) is 62.3 Å². The minimum atomic E-state index is -2.92. The maximum Gasteiger partial charge on any atom is 0.251 e. The van der Waals surface area contributed by atoms with Gasteiger partial charge in [0.05, 0.1) is 10.6 Å². The van der Waals surface area contributed by atoms with Crippen molar-refractivity contribution in [3.8, 4) is 0 Å². The standard InChI is InChI=1S/C27H33ClF3N3O2/c1-5-22(35)20-7-6-18(24(28)25(20)29)14-19(34(3)4)16-33-23(36)15-21(17-8-12-32-13-9-17)27(10-11-27)26(2,30)31/h6-9,12-13,19,21H,5,10-11,14-16H2,1-4H3,(H,33,36)/t19-,21-/m0/s1. The van der Waals surface area contributed by atoms with E-state index in [0.717, 1.165) is 6.92 Å². The van der Waals surface area contributed by atoms with E-state index in [-0.39, 0.29) is 47.7 Å². The monoisotopic (exact) mass is 523 g/mol. The molecule has 0 spiro atoms. The van der Waals surface area contributed by atoms with Gasteiger partial charge in [0.15, 0.2) is 11.6 Å². The molecule has 0 bridgehead atoms. The molecule has 9 heteroatoms. The van der Waals surface area contributed by atoms with Crippen LogP contribution in [-0.2, 0) is 11.2 Å². The van der Waals surface area contributed by atoms with Crippen LogP contribution in [0.1, 0.15) is 66.9 Å². The number of carbonyl (C=O) groups is 2. The van der Waals surface area contributed by atoms with Gasteiger partial charge in [-0.05, 0) is 69.6 Å². The molecule has 3 rings (SSSR count). The Bertz CT molecular complexity index is 1090. The van der Waals surface area contributed by atoms with Crippen LogP contribution in [0, 0.1) is 11.2 Å². The van der Waals surface area contributed by atoms with Gasteiger partial charge >= 0.3 is 0 Å². The molecular weight excluding hydrogens is 491 g/mol. The summed E-state index contributed by atoms with van der Waals surface area (Å²) in [5.41, 5.74) is -0.0841. The molecule has 1 heterocycles. The second-order valence-corrected chi connectivity index (χ2v) is 10.3. The lowest BCUT2D eigenvalue weighted by molar-refractivity contribution is -0.123. The summed E-state index contributed by atoms with van der Waals surface area (Å²) in [5.74, 6) is -4.95. The number of amides is 1. The van der Waals surface area contributed by atoms with Crippen molar-refractivity contribution < 1.29 is 22.8 Å². The fourth-order valence-electron chi connectivity index (χ4n) is 4.79. The highest BCUT2D eigenvalue weighted by Crippen LogP contribution is 2.65. The molecule has 0 unspecified atom stereocenters. The molecular formula is C27H33ClF3N3O2. The first-order valence-electron chi connectivity index (χ1n) is 12.1. The van der Waals surface area contributed by atoms with Crippen molar-refractivity contribution in [1.29, 1.82) is 0 Å². The second kappa shape index (κ2) is 11.3. The number of nitrogens with one attached hydrogen (secondary N) is 1. The average molecular weight is 524 g/mol. The minimum absolute atomic E-state index is 0.0372. The summed E-state index contributed by atoms with van der Waals surface area (Å²) < 4.78 is 43.8. The molecule has 196 valence electrons. The molecule has 1 aromatic carbocycles. The van der Waals surface area contributed by atoms with Crippen molar-refractivity contribution in [2.75, 3.05) is 20.6 Å². The summed E-state index contributed by atoms with van der Waals surface area (Å²) in [6.07, 6.45) is 4.24. The van der Waals surface area contributed by atoms with Crippen LogP contribution in [0.4, 0.5) is 13.2 Å². The molecule has 2 atom stereocenters. The minimum Gasteiger partial charge on any atom is -0.355 e. The lowest BCUT2D eigenvalue weighted by Crippen LogP contribution is -2.43. The van der Waals surface area contributed by atoms with E-state index in [4.69, 9.17) is 11.6 Å². The molecule has 1 fully saturated rings. The first-order valence-corrected chi connectivity index (χ1v) is 12.5. The van der Waals surface area contributed by atoms with E-state index in [2.05, 4.69) is 10.3 Å². The summed E-state index contributed by atoms with van der Waals surface area (Å²) in [5, 5.41) is 2.77. The van der Waals surface area contributed by atoms with Crippen LogP contribution in [0.3, 0.4) is 0 Å². The van der Waals surface area contributed by atoms with Gasteiger partial charge in [-0.15, -0.1) is 0 Å². The third-order valence-corrected chi connectivity index (χ3v) is 7.74. The van der Waals surface area contributed by atoms with Gasteiger partial charge in [0.25, 0.3) is 5.92 Å². The summed E-state index contributed by atoms with van der Waals surface area (Å²) in [6, 6.07) is 6.21. The number of rotatable bonds is 12. The Morgan fingerprint density at radius 3 is 2.36 bits per heavy atom. The zero-order valence-electron chi connectivity index (χ0n) is 21.1. The van der Waals surface area contributed by atoms with Gasteiger partial charge in [-0.1, -0.05) is 24.6 Å². The highest BCUT2D eigenvalue weighted by atomic mass is 35.5. The SMILES string of the molecule is CCC(=O)c1ccc(C[C@@H](CNC(=O)C[C@@H](c2ccncc2)C2(C(C)(F)F)CC2)N(C)C)c(Cl)c1F. The number of aromatic nitrogens is 1. The first-order chi connectivity index (χ1) is 16.9. The van der Waals surface area contributed by atoms with E-state index in [1.165, 1.54) is 6.07 Å². The Hall–Kier alpha value is -2.45. The van der Waals surface area contributed by atoms with Gasteiger partial charge < -0.3 is 10.2 Å². The van der Waals surface area contributed by atoms with Crippen LogP contribution in [0.25, 0.3) is 0 Å². The van der Waals surface area contributed by atoms with Gasteiger partial charge in [-0.2, -0.15) is 0 Å². The lowest BCUT2D eigenvalue weighted by atomic mass is 9.77. The summed E-state index contributed by atoms with van der Waals surface area (Å²) >= 11 is 6.24. The van der Waals surface area contributed by atoms with Crippen molar-refractivity contribution in [3.05, 3.63) is 64.2 Å². The fourth-order valence-corrected chi connectivity index (χ4v) is 5.03. The highest BCUT2D eigenvalue weighted by molar-refractivity contribution is 6.32. The number of benzene rings is 1. The van der Waals surface area contributed by atoms with Gasteiger partial charge in [0.2, 0.25) is 5.91 Å². The maximum atomic E-state index is 14.7. The van der Waals surface area contributed by atoms with E-state index in [9.17, 15) is 22.8 Å². The number of likely N-dealkylation sites (N-methyl/N-ethyl adjacent to an activating group) is 1. The van der Waals surface area contributed by atoms with Crippen molar-refractivity contribution >= 4 is 23.3 Å². The second-order valence-electron chi connectivity index (χ2n) is 9.88. The molecule has 1 aliphatic rings. The van der Waals surface area contributed by atoms with E-state index in [1.807, 2.05) is 19.0 Å². The number of Topliss-reactive ketones (excluding diaryl/α,β-unsaturated/α-hetero) is 1. The van der Waals surface area contributed by atoms with Gasteiger partial charge in [0, 0.05) is 49.2 Å². The smallest absolute Gasteiger partial charge is 0.251 e. The summed E-state index contributed by atoms with van der Waals surface area (Å²) in [4.78, 5) is 30.7. The molecule has 0 radical (unpaired) electrons. The van der Waals surface area contributed by atoms with Crippen LogP contribution in [0.15, 0.2) is 36.7 Å². The number of nitrogens with zero attached hydrogens (tertiary/aromatic N) is 2. The van der Waals surface area contributed by atoms with Gasteiger partial charge in [-0.25, -0.2) is 13.2 Å². The number of ketones is 1. The number of carbonyl (C=O) groups excluding carboxylic acids is 2. The molecule has 2 aromatic rings. The Morgan fingerprint density at radius 2 is 1.83 bits per heavy atom. The largest absolute Gasteiger partial charge is 0.355 e. The quantitative estimate of drug-likeness (QED) is 0.364. The van der Waals surface area contributed by atoms with Crippen molar-refractivity contribution in [2.24, 2.45) is 5.41 Å². The zero-order chi connectivity index (χ0) is 26.7. The van der Waals surface area contributed by atoms with E-state index in [1.54, 1.807) is 37.5 Å². The van der Waals surface area contributed by atoms with Crippen LogP contribution < -0.4 is 5.32 Å². The number of alkyl halides is 2. The third kappa shape index (κ3) is 6.09. The van der Waals surface area contributed by atoms with Crippen LogP contribution in [0.5, 0.6) is 0 Å². The van der Waals surface area contributed by atoms with E-state index >= 15 is 0 Å². The Morgan fingerprint density at radius 1 is 1.19 bits per heavy atom. The molecule has 5 nitrogen and oxygen atoms in total. The van der Waals surface area contributed by atoms with Crippen LogP contribution >= 0.6 is 11.6 Å². The Balaban J connectivity index is 1.71. The fraction of sp³-hybridized carbons (Fsp3) is 0.519. The number of hydrogen-bond acceptors (Lipinski definition) is 4. The lowest BCUT2D eigenvalue weighted by Gasteiger charge is -2.32. The first kappa shape index (κ1) is 28.1. The highest BCUT2D eigenvalue weighted by Gasteiger charge is 2.63. The average Bonchev–Trinajstić information content (AvgIpc) is 3.65. The molecule has 36 heavy (non-hydrogen) atoms. The molecule has 0 saturated heterocycles. The number of pyridine rings is 1. The van der Waals surface area contributed by atoms with Crippen LogP contribution in [-0.4, -0.2) is 54.2 Å². The van der Waals surface area contributed by atoms with Crippen molar-refractivity contribution in [1.82, 2.24) is 15.2 Å².